The molecule has 6 heteroatoms. The molecule has 0 radical (unpaired) electrons. The van der Waals surface area contributed by atoms with E-state index in [9.17, 15) is 9.59 Å². The summed E-state index contributed by atoms with van der Waals surface area (Å²) in [6.07, 6.45) is 2.44. The Morgan fingerprint density at radius 2 is 2.04 bits per heavy atom. The Morgan fingerprint density at radius 3 is 2.73 bits per heavy atom. The van der Waals surface area contributed by atoms with Gasteiger partial charge in [-0.25, -0.2) is 9.78 Å². The van der Waals surface area contributed by atoms with E-state index < -0.39 is 5.97 Å². The van der Waals surface area contributed by atoms with Crippen LogP contribution in [0.2, 0.25) is 0 Å². The van der Waals surface area contributed by atoms with Crippen molar-refractivity contribution in [3.63, 3.8) is 0 Å². The molecule has 0 aliphatic rings. The summed E-state index contributed by atoms with van der Waals surface area (Å²) >= 11 is 1.73. The van der Waals surface area contributed by atoms with Gasteiger partial charge >= 0.3 is 5.97 Å². The molecule has 3 aromatic heterocycles. The van der Waals surface area contributed by atoms with Gasteiger partial charge in [-0.1, -0.05) is 12.1 Å². The normalized spacial score (nSPS) is 10.7. The molecule has 0 unspecified atom stereocenters. The van der Waals surface area contributed by atoms with Crippen LogP contribution in [-0.4, -0.2) is 27.9 Å². The fourth-order valence-corrected chi connectivity index (χ4v) is 3.57. The molecular formula is C20H20N2O3S. The molecule has 26 heavy (non-hydrogen) atoms. The largest absolute Gasteiger partial charge is 0.453 e. The summed E-state index contributed by atoms with van der Waals surface area (Å²) < 4.78 is 7.24. The molecule has 0 saturated heterocycles. The van der Waals surface area contributed by atoms with Gasteiger partial charge in [0.15, 0.2) is 6.61 Å². The lowest BCUT2D eigenvalue weighted by Crippen LogP contribution is -2.16. The maximum absolute atomic E-state index is 12.5. The van der Waals surface area contributed by atoms with Crippen molar-refractivity contribution in [1.82, 2.24) is 9.55 Å². The van der Waals surface area contributed by atoms with Gasteiger partial charge in [0.25, 0.3) is 0 Å². The molecule has 0 N–H and O–H groups in total. The molecule has 0 bridgehead atoms. The summed E-state index contributed by atoms with van der Waals surface area (Å²) in [5, 5.41) is 2.07. The maximum Gasteiger partial charge on any atom is 0.357 e. The van der Waals surface area contributed by atoms with Crippen LogP contribution in [0.1, 0.15) is 37.1 Å². The van der Waals surface area contributed by atoms with E-state index in [0.29, 0.717) is 5.56 Å². The standard InChI is InChI=1S/C20H20N2O3S/c1-14-12-17(15(2)22(14)10-8-16-6-5-11-26-16)19(23)13-25-20(24)18-7-3-4-9-21-18/h3-7,9,11-12H,8,10,13H2,1-2H3. The van der Waals surface area contributed by atoms with Crippen LogP contribution >= 0.6 is 11.3 Å². The van der Waals surface area contributed by atoms with Gasteiger partial charge in [-0.15, -0.1) is 11.3 Å². The molecule has 0 fully saturated rings. The quantitative estimate of drug-likeness (QED) is 0.469. The second-order valence-electron chi connectivity index (χ2n) is 5.98. The van der Waals surface area contributed by atoms with Gasteiger partial charge in [0.05, 0.1) is 0 Å². The first kappa shape index (κ1) is 18.1. The average molecular weight is 368 g/mol. The van der Waals surface area contributed by atoms with Crippen molar-refractivity contribution in [2.45, 2.75) is 26.8 Å². The monoisotopic (exact) mass is 368 g/mol. The second kappa shape index (κ2) is 8.10. The van der Waals surface area contributed by atoms with E-state index in [1.807, 2.05) is 26.0 Å². The molecule has 0 saturated carbocycles. The molecule has 0 atom stereocenters. The summed E-state index contributed by atoms with van der Waals surface area (Å²) in [6, 6.07) is 11.0. The first-order chi connectivity index (χ1) is 12.6. The van der Waals surface area contributed by atoms with E-state index in [-0.39, 0.29) is 18.1 Å². The Kier molecular flexibility index (Phi) is 5.63. The number of carbonyl (C=O) groups excluding carboxylic acids is 2. The highest BCUT2D eigenvalue weighted by atomic mass is 32.1. The van der Waals surface area contributed by atoms with E-state index >= 15 is 0 Å². The number of ketones is 1. The predicted molar refractivity (Wildman–Crippen MR) is 101 cm³/mol. The van der Waals surface area contributed by atoms with Crippen LogP contribution in [-0.2, 0) is 17.7 Å². The first-order valence-corrected chi connectivity index (χ1v) is 9.24. The molecule has 3 heterocycles. The maximum atomic E-state index is 12.5. The Balaban J connectivity index is 1.64. The lowest BCUT2D eigenvalue weighted by atomic mass is 10.1. The van der Waals surface area contributed by atoms with Crippen LogP contribution < -0.4 is 0 Å². The molecule has 0 aliphatic carbocycles. The highest BCUT2D eigenvalue weighted by Crippen LogP contribution is 2.18. The number of thiophene rings is 1. The van der Waals surface area contributed by atoms with Crippen molar-refractivity contribution < 1.29 is 14.3 Å². The molecule has 134 valence electrons. The molecule has 3 aromatic rings. The van der Waals surface area contributed by atoms with E-state index in [0.717, 1.165) is 24.4 Å². The minimum absolute atomic E-state index is 0.196. The number of pyridine rings is 1. The number of ether oxygens (including phenoxy) is 1. The lowest BCUT2D eigenvalue weighted by molar-refractivity contribution is 0.0468. The van der Waals surface area contributed by atoms with Gasteiger partial charge in [-0.3, -0.25) is 4.79 Å². The van der Waals surface area contributed by atoms with E-state index in [4.69, 9.17) is 4.74 Å². The van der Waals surface area contributed by atoms with Gasteiger partial charge in [-0.05, 0) is 49.9 Å². The summed E-state index contributed by atoms with van der Waals surface area (Å²) in [4.78, 5) is 29.7. The average Bonchev–Trinajstić information content (AvgIpc) is 3.27. The Labute approximate surface area is 156 Å². The van der Waals surface area contributed by atoms with E-state index in [1.54, 1.807) is 29.5 Å². The van der Waals surface area contributed by atoms with Gasteiger partial charge in [0.2, 0.25) is 5.78 Å². The molecule has 5 nitrogen and oxygen atoms in total. The van der Waals surface area contributed by atoms with Crippen LogP contribution in [0.4, 0.5) is 0 Å². The van der Waals surface area contributed by atoms with Gasteiger partial charge < -0.3 is 9.30 Å². The van der Waals surface area contributed by atoms with Gasteiger partial charge in [-0.2, -0.15) is 0 Å². The summed E-state index contributed by atoms with van der Waals surface area (Å²) in [5.41, 5.74) is 2.72. The topological polar surface area (TPSA) is 61.2 Å². The SMILES string of the molecule is Cc1cc(C(=O)COC(=O)c2ccccn2)c(C)n1CCc1cccs1. The minimum atomic E-state index is -0.592. The van der Waals surface area contributed by atoms with Crippen LogP contribution in [0.25, 0.3) is 0 Å². The van der Waals surface area contributed by atoms with E-state index in [1.165, 1.54) is 11.1 Å². The predicted octanol–water partition coefficient (Wildman–Crippen LogP) is 3.84. The lowest BCUT2D eigenvalue weighted by Gasteiger charge is -2.09. The number of hydrogen-bond donors (Lipinski definition) is 0. The number of nitrogens with zero attached hydrogens (tertiary/aromatic N) is 2. The number of rotatable bonds is 7. The smallest absolute Gasteiger partial charge is 0.357 e. The van der Waals surface area contributed by atoms with Gasteiger partial charge in [0.1, 0.15) is 5.69 Å². The molecule has 0 aromatic carbocycles. The minimum Gasteiger partial charge on any atom is -0.453 e. The zero-order valence-electron chi connectivity index (χ0n) is 14.8. The van der Waals surface area contributed by atoms with Crippen LogP contribution in [0.15, 0.2) is 48.0 Å². The number of carbonyl (C=O) groups is 2. The molecular weight excluding hydrogens is 348 g/mol. The van der Waals surface area contributed by atoms with Crippen LogP contribution in [0.5, 0.6) is 0 Å². The van der Waals surface area contributed by atoms with E-state index in [2.05, 4.69) is 21.0 Å². The van der Waals surface area contributed by atoms with Crippen molar-refractivity contribution in [1.29, 1.82) is 0 Å². The number of esters is 1. The van der Waals surface area contributed by atoms with Crippen LogP contribution in [0.3, 0.4) is 0 Å². The number of aryl methyl sites for hydroxylation is 2. The first-order valence-electron chi connectivity index (χ1n) is 8.36. The second-order valence-corrected chi connectivity index (χ2v) is 7.01. The zero-order valence-corrected chi connectivity index (χ0v) is 15.6. The molecule has 3 rings (SSSR count). The Morgan fingerprint density at radius 1 is 1.19 bits per heavy atom. The molecule has 0 amide bonds. The molecule has 0 spiro atoms. The number of aromatic nitrogens is 2. The Hall–Kier alpha value is -2.73. The molecule has 0 aliphatic heterocycles. The van der Waals surface area contributed by atoms with Crippen molar-refractivity contribution in [3.8, 4) is 0 Å². The number of Topliss-reactive ketones (excluding diaryl/α,β-unsaturated/α-hetero) is 1. The third kappa shape index (κ3) is 4.08. The van der Waals surface area contributed by atoms with Crippen molar-refractivity contribution in [3.05, 3.63) is 75.5 Å². The fourth-order valence-electron chi connectivity index (χ4n) is 2.87. The Bertz CT molecular complexity index is 899. The van der Waals surface area contributed by atoms with Crippen molar-refractivity contribution in [2.75, 3.05) is 6.61 Å². The third-order valence-electron chi connectivity index (χ3n) is 4.24. The van der Waals surface area contributed by atoms with Gasteiger partial charge in [0, 0.05) is 34.6 Å². The summed E-state index contributed by atoms with van der Waals surface area (Å²) in [6.45, 7) is 4.44. The highest BCUT2D eigenvalue weighted by Gasteiger charge is 2.18. The fraction of sp³-hybridized carbons (Fsp3) is 0.250. The zero-order chi connectivity index (χ0) is 18.5. The highest BCUT2D eigenvalue weighted by molar-refractivity contribution is 7.09. The summed E-state index contributed by atoms with van der Waals surface area (Å²) in [7, 11) is 0. The summed E-state index contributed by atoms with van der Waals surface area (Å²) in [5.74, 6) is -0.796. The number of hydrogen-bond acceptors (Lipinski definition) is 5. The van der Waals surface area contributed by atoms with Crippen LogP contribution in [0, 0.1) is 13.8 Å². The van der Waals surface area contributed by atoms with Crippen molar-refractivity contribution >= 4 is 23.1 Å². The van der Waals surface area contributed by atoms with Crippen molar-refractivity contribution in [2.24, 2.45) is 0 Å². The third-order valence-corrected chi connectivity index (χ3v) is 5.18.